The third kappa shape index (κ3) is 4.28. The van der Waals surface area contributed by atoms with Crippen molar-refractivity contribution in [3.8, 4) is 0 Å². The molecule has 1 rings (SSSR count). The Kier molecular flexibility index (Phi) is 5.52. The van der Waals surface area contributed by atoms with Gasteiger partial charge in [0.05, 0.1) is 6.10 Å². The van der Waals surface area contributed by atoms with Crippen LogP contribution in [0.25, 0.3) is 0 Å². The number of aliphatic hydroxyl groups is 1. The van der Waals surface area contributed by atoms with Crippen molar-refractivity contribution in [2.45, 2.75) is 50.0 Å². The Morgan fingerprint density at radius 3 is 2.69 bits per heavy atom. The smallest absolute Gasteiger partial charge is 0.133 e. The van der Waals surface area contributed by atoms with Crippen LogP contribution < -0.4 is 0 Å². The molecule has 1 aromatic heterocycles. The summed E-state index contributed by atoms with van der Waals surface area (Å²) in [7, 11) is 0. The molecule has 0 bridgehead atoms. The van der Waals surface area contributed by atoms with Gasteiger partial charge in [-0.25, -0.2) is 9.97 Å². The first-order chi connectivity index (χ1) is 7.52. The molecule has 2 unspecified atom stereocenters. The summed E-state index contributed by atoms with van der Waals surface area (Å²) in [6.45, 7) is 5.81. The molecule has 3 nitrogen and oxygen atoms in total. The molecular formula is C11H17ClN2OS. The molecule has 0 spiro atoms. The maximum atomic E-state index is 9.43. The molecule has 0 fully saturated rings. The highest BCUT2D eigenvalue weighted by Gasteiger charge is 2.12. The van der Waals surface area contributed by atoms with Gasteiger partial charge in [0.1, 0.15) is 16.0 Å². The summed E-state index contributed by atoms with van der Waals surface area (Å²) < 4.78 is 0. The SMILES string of the molecule is CCCc1nc(Cl)cc(SC(C)C(C)O)n1. The summed E-state index contributed by atoms with van der Waals surface area (Å²) >= 11 is 7.44. The van der Waals surface area contributed by atoms with Gasteiger partial charge in [-0.2, -0.15) is 0 Å². The molecular weight excluding hydrogens is 244 g/mol. The minimum atomic E-state index is -0.367. The quantitative estimate of drug-likeness (QED) is 0.653. The first kappa shape index (κ1) is 13.7. The van der Waals surface area contributed by atoms with E-state index in [2.05, 4.69) is 16.9 Å². The van der Waals surface area contributed by atoms with E-state index in [0.717, 1.165) is 23.7 Å². The first-order valence-corrected chi connectivity index (χ1v) is 6.67. The summed E-state index contributed by atoms with van der Waals surface area (Å²) in [5.41, 5.74) is 0. The minimum absolute atomic E-state index is 0.0976. The predicted molar refractivity (Wildman–Crippen MR) is 68.0 cm³/mol. The summed E-state index contributed by atoms with van der Waals surface area (Å²) in [6, 6.07) is 1.74. The highest BCUT2D eigenvalue weighted by molar-refractivity contribution is 7.99. The number of aryl methyl sites for hydroxylation is 1. The van der Waals surface area contributed by atoms with Crippen LogP contribution in [0, 0.1) is 0 Å². The van der Waals surface area contributed by atoms with Crippen molar-refractivity contribution >= 4 is 23.4 Å². The van der Waals surface area contributed by atoms with Crippen LogP contribution in [-0.4, -0.2) is 26.4 Å². The van der Waals surface area contributed by atoms with Crippen molar-refractivity contribution in [2.24, 2.45) is 0 Å². The number of aliphatic hydroxyl groups excluding tert-OH is 1. The van der Waals surface area contributed by atoms with Gasteiger partial charge in [-0.3, -0.25) is 0 Å². The Labute approximate surface area is 106 Å². The lowest BCUT2D eigenvalue weighted by atomic mass is 10.3. The summed E-state index contributed by atoms with van der Waals surface area (Å²) in [4.78, 5) is 8.56. The zero-order valence-electron chi connectivity index (χ0n) is 9.77. The Balaban J connectivity index is 2.79. The standard InChI is InChI=1S/C11H17ClN2OS/c1-4-5-10-13-9(12)6-11(14-10)16-8(3)7(2)15/h6-8,15H,4-5H2,1-3H3. The fourth-order valence-corrected chi connectivity index (χ4v) is 2.31. The molecule has 0 aliphatic carbocycles. The fraction of sp³-hybridized carbons (Fsp3) is 0.636. The van der Waals surface area contributed by atoms with Gasteiger partial charge in [0, 0.05) is 17.7 Å². The van der Waals surface area contributed by atoms with Crippen molar-refractivity contribution in [2.75, 3.05) is 0 Å². The van der Waals surface area contributed by atoms with E-state index in [9.17, 15) is 5.11 Å². The van der Waals surface area contributed by atoms with Gasteiger partial charge in [-0.05, 0) is 13.3 Å². The van der Waals surface area contributed by atoms with E-state index >= 15 is 0 Å². The third-order valence-electron chi connectivity index (χ3n) is 2.18. The van der Waals surface area contributed by atoms with Crippen LogP contribution in [0.3, 0.4) is 0 Å². The van der Waals surface area contributed by atoms with Crippen molar-refractivity contribution in [3.05, 3.63) is 17.0 Å². The molecule has 1 heterocycles. The minimum Gasteiger partial charge on any atom is -0.392 e. The van der Waals surface area contributed by atoms with Crippen molar-refractivity contribution in [1.82, 2.24) is 9.97 Å². The second-order valence-electron chi connectivity index (χ2n) is 3.76. The molecule has 5 heteroatoms. The van der Waals surface area contributed by atoms with Crippen molar-refractivity contribution in [3.63, 3.8) is 0 Å². The van der Waals surface area contributed by atoms with Crippen LogP contribution in [0.2, 0.25) is 5.15 Å². The number of halogens is 1. The second kappa shape index (κ2) is 6.42. The highest BCUT2D eigenvalue weighted by atomic mass is 35.5. The van der Waals surface area contributed by atoms with Crippen LogP contribution in [0.15, 0.2) is 11.1 Å². The summed E-state index contributed by atoms with van der Waals surface area (Å²) in [6.07, 6.45) is 1.46. The summed E-state index contributed by atoms with van der Waals surface area (Å²) in [5, 5.41) is 10.8. The van der Waals surface area contributed by atoms with Crippen LogP contribution in [0.1, 0.15) is 33.0 Å². The zero-order chi connectivity index (χ0) is 12.1. The average molecular weight is 261 g/mol. The number of nitrogens with zero attached hydrogens (tertiary/aromatic N) is 2. The van der Waals surface area contributed by atoms with Gasteiger partial charge in [0.25, 0.3) is 0 Å². The van der Waals surface area contributed by atoms with Gasteiger partial charge >= 0.3 is 0 Å². The number of thioether (sulfide) groups is 1. The highest BCUT2D eigenvalue weighted by Crippen LogP contribution is 2.25. The number of hydrogen-bond acceptors (Lipinski definition) is 4. The molecule has 90 valence electrons. The van der Waals surface area contributed by atoms with E-state index in [1.807, 2.05) is 6.92 Å². The van der Waals surface area contributed by atoms with Crippen LogP contribution in [0.5, 0.6) is 0 Å². The van der Waals surface area contributed by atoms with Crippen molar-refractivity contribution in [1.29, 1.82) is 0 Å². The van der Waals surface area contributed by atoms with Crippen LogP contribution >= 0.6 is 23.4 Å². The number of aromatic nitrogens is 2. The maximum absolute atomic E-state index is 9.43. The Hall–Kier alpha value is -0.320. The molecule has 0 amide bonds. The fourth-order valence-electron chi connectivity index (χ4n) is 1.13. The molecule has 0 aliphatic rings. The van der Waals surface area contributed by atoms with Crippen LogP contribution in [-0.2, 0) is 6.42 Å². The van der Waals surface area contributed by atoms with E-state index in [4.69, 9.17) is 11.6 Å². The van der Waals surface area contributed by atoms with Gasteiger partial charge in [-0.1, -0.05) is 25.4 Å². The molecule has 1 N–H and O–H groups in total. The van der Waals surface area contributed by atoms with Gasteiger partial charge in [-0.15, -0.1) is 11.8 Å². The molecule has 1 aromatic rings. The molecule has 0 radical (unpaired) electrons. The molecule has 2 atom stereocenters. The summed E-state index contributed by atoms with van der Waals surface area (Å²) in [5.74, 6) is 0.773. The molecule has 0 aromatic carbocycles. The van der Waals surface area contributed by atoms with E-state index < -0.39 is 0 Å². The molecule has 16 heavy (non-hydrogen) atoms. The van der Waals surface area contributed by atoms with E-state index in [0.29, 0.717) is 5.15 Å². The van der Waals surface area contributed by atoms with Crippen molar-refractivity contribution < 1.29 is 5.11 Å². The van der Waals surface area contributed by atoms with Crippen LogP contribution in [0.4, 0.5) is 0 Å². The Bertz CT molecular complexity index is 347. The number of rotatable bonds is 5. The average Bonchev–Trinajstić information content (AvgIpc) is 2.16. The first-order valence-electron chi connectivity index (χ1n) is 5.41. The lowest BCUT2D eigenvalue weighted by molar-refractivity contribution is 0.196. The van der Waals surface area contributed by atoms with E-state index in [1.54, 1.807) is 13.0 Å². The molecule has 0 saturated carbocycles. The van der Waals surface area contributed by atoms with Gasteiger partial charge in [0.2, 0.25) is 0 Å². The third-order valence-corrected chi connectivity index (χ3v) is 3.59. The lowest BCUT2D eigenvalue weighted by Gasteiger charge is -2.13. The van der Waals surface area contributed by atoms with E-state index in [-0.39, 0.29) is 11.4 Å². The maximum Gasteiger partial charge on any atom is 0.133 e. The lowest BCUT2D eigenvalue weighted by Crippen LogP contribution is -2.15. The van der Waals surface area contributed by atoms with Gasteiger partial charge < -0.3 is 5.11 Å². The van der Waals surface area contributed by atoms with E-state index in [1.165, 1.54) is 11.8 Å². The molecule has 0 aliphatic heterocycles. The van der Waals surface area contributed by atoms with Gasteiger partial charge in [0.15, 0.2) is 0 Å². The normalized spacial score (nSPS) is 14.8. The largest absolute Gasteiger partial charge is 0.392 e. The monoisotopic (exact) mass is 260 g/mol. The molecule has 0 saturated heterocycles. The Morgan fingerprint density at radius 1 is 1.44 bits per heavy atom. The Morgan fingerprint density at radius 2 is 2.12 bits per heavy atom. The number of hydrogen-bond donors (Lipinski definition) is 1. The predicted octanol–water partition coefficient (Wildman–Crippen LogP) is 2.94. The topological polar surface area (TPSA) is 46.0 Å². The zero-order valence-corrected chi connectivity index (χ0v) is 11.3. The second-order valence-corrected chi connectivity index (χ2v) is 5.54.